The molecule has 1 fully saturated rings. The molecule has 1 aliphatic heterocycles. The van der Waals surface area contributed by atoms with Crippen LogP contribution < -0.4 is 0 Å². The Morgan fingerprint density at radius 1 is 1.57 bits per heavy atom. The Labute approximate surface area is 128 Å². The topological polar surface area (TPSA) is 52.9 Å². The lowest BCUT2D eigenvalue weighted by molar-refractivity contribution is -0.131. The molecule has 0 spiro atoms. The van der Waals surface area contributed by atoms with Gasteiger partial charge in [-0.2, -0.15) is 0 Å². The smallest absolute Gasteiger partial charge is 0.227 e. The molecule has 1 atom stereocenters. The van der Waals surface area contributed by atoms with E-state index in [-0.39, 0.29) is 28.8 Å². The van der Waals surface area contributed by atoms with E-state index >= 15 is 0 Å². The highest BCUT2D eigenvalue weighted by molar-refractivity contribution is 6.31. The van der Waals surface area contributed by atoms with Crippen molar-refractivity contribution in [1.29, 1.82) is 0 Å². The number of rotatable bonds is 3. The molecule has 114 valence electrons. The first-order valence-corrected chi connectivity index (χ1v) is 7.36. The highest BCUT2D eigenvalue weighted by Crippen LogP contribution is 2.22. The summed E-state index contributed by atoms with van der Waals surface area (Å²) in [5.41, 5.74) is 0.962. The van der Waals surface area contributed by atoms with Gasteiger partial charge in [-0.3, -0.25) is 4.79 Å². The van der Waals surface area contributed by atoms with Crippen LogP contribution in [0.2, 0.25) is 5.02 Å². The highest BCUT2D eigenvalue weighted by atomic mass is 35.5. The van der Waals surface area contributed by atoms with Gasteiger partial charge in [-0.05, 0) is 18.6 Å². The Bertz CT molecular complexity index is 542. The van der Waals surface area contributed by atoms with E-state index in [9.17, 15) is 9.18 Å². The van der Waals surface area contributed by atoms with Crippen LogP contribution in [0.1, 0.15) is 25.3 Å². The molecule has 2 rings (SSSR count). The fraction of sp³-hybridized carbons (Fsp3) is 0.467. The van der Waals surface area contributed by atoms with Crippen LogP contribution in [-0.4, -0.2) is 34.8 Å². The Morgan fingerprint density at radius 2 is 2.33 bits per heavy atom. The molecule has 0 saturated carbocycles. The van der Waals surface area contributed by atoms with Crippen molar-refractivity contribution in [2.75, 3.05) is 13.1 Å². The van der Waals surface area contributed by atoms with Gasteiger partial charge in [0.15, 0.2) is 0 Å². The minimum atomic E-state index is -0.461. The van der Waals surface area contributed by atoms with Crippen molar-refractivity contribution in [2.24, 2.45) is 11.1 Å². The van der Waals surface area contributed by atoms with Crippen molar-refractivity contribution in [3.05, 3.63) is 34.6 Å². The van der Waals surface area contributed by atoms with E-state index in [1.54, 1.807) is 11.0 Å². The van der Waals surface area contributed by atoms with Crippen LogP contribution in [0.5, 0.6) is 0 Å². The van der Waals surface area contributed by atoms with E-state index in [0.717, 1.165) is 12.1 Å². The predicted octanol–water partition coefficient (Wildman–Crippen LogP) is 3.11. The molecule has 1 amide bonds. The van der Waals surface area contributed by atoms with E-state index in [2.05, 4.69) is 5.16 Å². The zero-order valence-electron chi connectivity index (χ0n) is 11.9. The third kappa shape index (κ3) is 3.53. The number of amides is 1. The van der Waals surface area contributed by atoms with Gasteiger partial charge in [0.2, 0.25) is 5.91 Å². The Hall–Kier alpha value is -1.62. The van der Waals surface area contributed by atoms with E-state index in [4.69, 9.17) is 16.8 Å². The number of oxime groups is 1. The summed E-state index contributed by atoms with van der Waals surface area (Å²) < 4.78 is 13.7. The lowest BCUT2D eigenvalue weighted by Crippen LogP contribution is -2.44. The molecule has 0 aliphatic carbocycles. The highest BCUT2D eigenvalue weighted by Gasteiger charge is 2.28. The molecule has 1 saturated heterocycles. The molecule has 0 aromatic heterocycles. The molecule has 1 aromatic carbocycles. The third-order valence-corrected chi connectivity index (χ3v) is 4.27. The maximum Gasteiger partial charge on any atom is 0.227 e. The van der Waals surface area contributed by atoms with Crippen molar-refractivity contribution in [3.8, 4) is 0 Å². The first kappa shape index (κ1) is 15.8. The van der Waals surface area contributed by atoms with Crippen molar-refractivity contribution in [1.82, 2.24) is 4.90 Å². The van der Waals surface area contributed by atoms with Gasteiger partial charge in [0, 0.05) is 36.0 Å². The molecular weight excluding hydrogens is 295 g/mol. The predicted molar refractivity (Wildman–Crippen MR) is 79.3 cm³/mol. The number of nitrogens with zero attached hydrogens (tertiary/aromatic N) is 2. The number of hydrogen-bond donors (Lipinski definition) is 1. The van der Waals surface area contributed by atoms with E-state index in [1.807, 2.05) is 6.92 Å². The summed E-state index contributed by atoms with van der Waals surface area (Å²) in [4.78, 5) is 14.0. The molecule has 0 bridgehead atoms. The quantitative estimate of drug-likeness (QED) is 0.688. The molecule has 1 aromatic rings. The molecule has 6 heteroatoms. The maximum atomic E-state index is 13.7. The van der Waals surface area contributed by atoms with Crippen molar-refractivity contribution < 1.29 is 14.4 Å². The largest absolute Gasteiger partial charge is 0.411 e. The van der Waals surface area contributed by atoms with Gasteiger partial charge < -0.3 is 10.1 Å². The molecule has 4 nitrogen and oxygen atoms in total. The van der Waals surface area contributed by atoms with Crippen LogP contribution in [0, 0.1) is 11.7 Å². The number of piperidine rings is 1. The van der Waals surface area contributed by atoms with Crippen LogP contribution in [-0.2, 0) is 11.2 Å². The van der Waals surface area contributed by atoms with Crippen molar-refractivity contribution in [2.45, 2.75) is 26.2 Å². The SMILES string of the molecule is CCC1CN(C(=O)Cc2c(F)cccc2Cl)CC/C1=N\O. The average molecular weight is 313 g/mol. The van der Waals surface area contributed by atoms with Gasteiger partial charge in [0.1, 0.15) is 5.82 Å². The second kappa shape index (κ2) is 6.89. The normalized spacial score (nSPS) is 20.8. The summed E-state index contributed by atoms with van der Waals surface area (Å²) >= 11 is 5.95. The lowest BCUT2D eigenvalue weighted by Gasteiger charge is -2.33. The number of likely N-dealkylation sites (tertiary alicyclic amines) is 1. The summed E-state index contributed by atoms with van der Waals surface area (Å²) in [6, 6.07) is 4.40. The Balaban J connectivity index is 2.08. The van der Waals surface area contributed by atoms with Gasteiger partial charge in [-0.1, -0.05) is 29.7 Å². The molecule has 1 N–H and O–H groups in total. The third-order valence-electron chi connectivity index (χ3n) is 3.91. The number of hydrogen-bond acceptors (Lipinski definition) is 3. The maximum absolute atomic E-state index is 13.7. The first-order valence-electron chi connectivity index (χ1n) is 6.98. The zero-order chi connectivity index (χ0) is 15.4. The molecule has 0 radical (unpaired) electrons. The average Bonchev–Trinajstić information content (AvgIpc) is 2.50. The number of halogens is 2. The monoisotopic (exact) mass is 312 g/mol. The first-order chi connectivity index (χ1) is 10.1. The molecule has 1 unspecified atom stereocenters. The Morgan fingerprint density at radius 3 is 2.95 bits per heavy atom. The second-order valence-corrected chi connectivity index (χ2v) is 5.57. The standard InChI is InChI=1S/C15H18ClFN2O2/c1-2-10-9-19(7-6-14(10)18-21)15(20)8-11-12(16)4-3-5-13(11)17/h3-5,10,21H,2,6-9H2,1H3/b18-14+. The molecule has 1 heterocycles. The summed E-state index contributed by atoms with van der Waals surface area (Å²) in [6.07, 6.45) is 1.29. The number of benzene rings is 1. The fourth-order valence-corrected chi connectivity index (χ4v) is 2.83. The van der Waals surface area contributed by atoms with Gasteiger partial charge in [-0.15, -0.1) is 0 Å². The van der Waals surface area contributed by atoms with Crippen LogP contribution in [0.15, 0.2) is 23.4 Å². The van der Waals surface area contributed by atoms with Crippen molar-refractivity contribution in [3.63, 3.8) is 0 Å². The number of carbonyl (C=O) groups is 1. The summed E-state index contributed by atoms with van der Waals surface area (Å²) in [5.74, 6) is -0.557. The zero-order valence-corrected chi connectivity index (χ0v) is 12.6. The van der Waals surface area contributed by atoms with E-state index in [1.165, 1.54) is 12.1 Å². The van der Waals surface area contributed by atoms with E-state index < -0.39 is 5.82 Å². The molecule has 1 aliphatic rings. The van der Waals surface area contributed by atoms with Gasteiger partial charge in [0.05, 0.1) is 12.1 Å². The van der Waals surface area contributed by atoms with Crippen LogP contribution in [0.4, 0.5) is 4.39 Å². The summed E-state index contributed by atoms with van der Waals surface area (Å²) in [5, 5.41) is 12.5. The van der Waals surface area contributed by atoms with Gasteiger partial charge in [-0.25, -0.2) is 4.39 Å². The van der Waals surface area contributed by atoms with Crippen LogP contribution in [0.25, 0.3) is 0 Å². The van der Waals surface area contributed by atoms with Crippen LogP contribution in [0.3, 0.4) is 0 Å². The second-order valence-electron chi connectivity index (χ2n) is 5.16. The fourth-order valence-electron chi connectivity index (χ4n) is 2.60. The molecule has 21 heavy (non-hydrogen) atoms. The minimum absolute atomic E-state index is 0.0481. The molecular formula is C15H18ClFN2O2. The minimum Gasteiger partial charge on any atom is -0.411 e. The van der Waals surface area contributed by atoms with E-state index in [0.29, 0.717) is 19.5 Å². The van der Waals surface area contributed by atoms with Gasteiger partial charge >= 0.3 is 0 Å². The number of carbonyl (C=O) groups excluding carboxylic acids is 1. The van der Waals surface area contributed by atoms with Crippen LogP contribution >= 0.6 is 11.6 Å². The van der Waals surface area contributed by atoms with Crippen molar-refractivity contribution >= 4 is 23.2 Å². The Kier molecular flexibility index (Phi) is 5.17. The summed E-state index contributed by atoms with van der Waals surface area (Å²) in [7, 11) is 0. The summed E-state index contributed by atoms with van der Waals surface area (Å²) in [6.45, 7) is 2.97. The van der Waals surface area contributed by atoms with Gasteiger partial charge in [0.25, 0.3) is 0 Å². The lowest BCUT2D eigenvalue weighted by atomic mass is 9.93.